The van der Waals surface area contributed by atoms with Crippen molar-refractivity contribution in [2.24, 2.45) is 5.41 Å². The zero-order valence-corrected chi connectivity index (χ0v) is 13.7. The molecule has 1 atom stereocenters. The molecule has 1 aromatic heterocycles. The van der Waals surface area contributed by atoms with E-state index in [1.54, 1.807) is 19.0 Å². The minimum Gasteiger partial charge on any atom is -0.396 e. The van der Waals surface area contributed by atoms with Gasteiger partial charge in [-0.3, -0.25) is 0 Å². The zero-order valence-electron chi connectivity index (χ0n) is 13.7. The van der Waals surface area contributed by atoms with Gasteiger partial charge >= 0.3 is 6.18 Å². The van der Waals surface area contributed by atoms with Gasteiger partial charge in [0.1, 0.15) is 5.82 Å². The third-order valence-corrected chi connectivity index (χ3v) is 4.29. The van der Waals surface area contributed by atoms with Crippen molar-refractivity contribution in [3.8, 4) is 0 Å². The molecular formula is C15H23F3N4O. The topological polar surface area (TPSA) is 52.5 Å². The van der Waals surface area contributed by atoms with E-state index in [-0.39, 0.29) is 23.8 Å². The monoisotopic (exact) mass is 332 g/mol. The molecule has 0 aliphatic carbocycles. The van der Waals surface area contributed by atoms with Crippen molar-refractivity contribution in [3.05, 3.63) is 11.8 Å². The molecule has 23 heavy (non-hydrogen) atoms. The maximum atomic E-state index is 13.1. The van der Waals surface area contributed by atoms with Crippen LogP contribution in [0.3, 0.4) is 0 Å². The van der Waals surface area contributed by atoms with Crippen LogP contribution in [-0.4, -0.2) is 48.9 Å². The van der Waals surface area contributed by atoms with E-state index in [9.17, 15) is 18.3 Å². The molecule has 0 bridgehead atoms. The third kappa shape index (κ3) is 3.85. The maximum Gasteiger partial charge on any atom is 0.433 e. The molecule has 1 aliphatic heterocycles. The Hall–Kier alpha value is -1.57. The third-order valence-electron chi connectivity index (χ3n) is 4.29. The predicted molar refractivity (Wildman–Crippen MR) is 82.6 cm³/mol. The summed E-state index contributed by atoms with van der Waals surface area (Å²) >= 11 is 0. The molecule has 1 saturated heterocycles. The van der Waals surface area contributed by atoms with Crippen LogP contribution < -0.4 is 9.80 Å². The lowest BCUT2D eigenvalue weighted by Gasteiger charge is -2.27. The number of aromatic nitrogens is 2. The van der Waals surface area contributed by atoms with Gasteiger partial charge in [-0.15, -0.1) is 0 Å². The van der Waals surface area contributed by atoms with E-state index in [0.717, 1.165) is 25.3 Å². The highest BCUT2D eigenvalue weighted by Gasteiger charge is 2.39. The van der Waals surface area contributed by atoms with Crippen LogP contribution in [0.1, 0.15) is 31.9 Å². The first-order valence-corrected chi connectivity index (χ1v) is 7.70. The van der Waals surface area contributed by atoms with Crippen LogP contribution in [0.4, 0.5) is 24.9 Å². The fourth-order valence-corrected chi connectivity index (χ4v) is 2.99. The molecule has 0 radical (unpaired) electrons. The van der Waals surface area contributed by atoms with E-state index in [1.807, 2.05) is 6.92 Å². The second kappa shape index (κ2) is 6.51. The molecule has 0 amide bonds. The Kier molecular flexibility index (Phi) is 5.03. The average molecular weight is 332 g/mol. The van der Waals surface area contributed by atoms with Crippen LogP contribution in [-0.2, 0) is 6.18 Å². The van der Waals surface area contributed by atoms with Crippen LogP contribution in [0.5, 0.6) is 0 Å². The standard InChI is InChI=1S/C15H23F3N4O/c1-4-5-14(10-23)6-7-22(9-14)13-19-11(15(16,17)18)8-12(20-13)21(2)3/h8,23H,4-7,9-10H2,1-3H3. The molecule has 8 heteroatoms. The Labute approximate surface area is 134 Å². The summed E-state index contributed by atoms with van der Waals surface area (Å²) in [5, 5.41) is 9.68. The number of aliphatic hydroxyl groups excluding tert-OH is 1. The van der Waals surface area contributed by atoms with Gasteiger partial charge in [0.2, 0.25) is 5.95 Å². The van der Waals surface area contributed by atoms with Crippen LogP contribution in [0.2, 0.25) is 0 Å². The molecule has 1 N–H and O–H groups in total. The van der Waals surface area contributed by atoms with Crippen molar-refractivity contribution in [3.63, 3.8) is 0 Å². The largest absolute Gasteiger partial charge is 0.433 e. The highest BCUT2D eigenvalue weighted by molar-refractivity contribution is 5.46. The number of hydrogen-bond donors (Lipinski definition) is 1. The molecule has 0 spiro atoms. The van der Waals surface area contributed by atoms with Crippen LogP contribution in [0.15, 0.2) is 6.07 Å². The minimum atomic E-state index is -4.51. The molecule has 1 aliphatic rings. The van der Waals surface area contributed by atoms with Gasteiger partial charge in [0.25, 0.3) is 0 Å². The lowest BCUT2D eigenvalue weighted by Crippen LogP contribution is -2.31. The first-order valence-electron chi connectivity index (χ1n) is 7.70. The minimum absolute atomic E-state index is 0.0246. The van der Waals surface area contributed by atoms with Crippen molar-refractivity contribution in [2.45, 2.75) is 32.4 Å². The second-order valence-corrected chi connectivity index (χ2v) is 6.38. The Balaban J connectivity index is 2.34. The molecule has 0 saturated carbocycles. The van der Waals surface area contributed by atoms with Gasteiger partial charge in [0.15, 0.2) is 5.69 Å². The van der Waals surface area contributed by atoms with Crippen molar-refractivity contribution >= 4 is 11.8 Å². The van der Waals surface area contributed by atoms with Gasteiger partial charge in [0.05, 0.1) is 6.61 Å². The summed E-state index contributed by atoms with van der Waals surface area (Å²) in [6, 6.07) is 0.949. The normalized spacial score (nSPS) is 21.8. The number of alkyl halides is 3. The molecule has 0 aromatic carbocycles. The second-order valence-electron chi connectivity index (χ2n) is 6.38. The van der Waals surface area contributed by atoms with Crippen molar-refractivity contribution in [1.82, 2.24) is 9.97 Å². The number of nitrogens with zero attached hydrogens (tertiary/aromatic N) is 4. The van der Waals surface area contributed by atoms with E-state index in [1.165, 1.54) is 4.90 Å². The molecule has 5 nitrogen and oxygen atoms in total. The quantitative estimate of drug-likeness (QED) is 0.898. The summed E-state index contributed by atoms with van der Waals surface area (Å²) in [4.78, 5) is 11.2. The first kappa shape index (κ1) is 17.8. The predicted octanol–water partition coefficient (Wildman–Crippen LogP) is 2.55. The molecule has 130 valence electrons. The summed E-state index contributed by atoms with van der Waals surface area (Å²) < 4.78 is 39.2. The van der Waals surface area contributed by atoms with Gasteiger partial charge in [-0.1, -0.05) is 13.3 Å². The molecule has 1 unspecified atom stereocenters. The number of aliphatic hydroxyl groups is 1. The Morgan fingerprint density at radius 3 is 2.57 bits per heavy atom. The van der Waals surface area contributed by atoms with E-state index < -0.39 is 11.9 Å². The van der Waals surface area contributed by atoms with Crippen LogP contribution in [0.25, 0.3) is 0 Å². The SMILES string of the molecule is CCCC1(CO)CCN(c2nc(N(C)C)cc(C(F)(F)F)n2)C1. The summed E-state index contributed by atoms with van der Waals surface area (Å²) in [7, 11) is 3.29. The summed E-state index contributed by atoms with van der Waals surface area (Å²) in [6.07, 6.45) is -2.03. The van der Waals surface area contributed by atoms with E-state index >= 15 is 0 Å². The maximum absolute atomic E-state index is 13.1. The fraction of sp³-hybridized carbons (Fsp3) is 0.733. The lowest BCUT2D eigenvalue weighted by molar-refractivity contribution is -0.141. The molecule has 1 aromatic rings. The van der Waals surface area contributed by atoms with Gasteiger partial charge in [-0.05, 0) is 12.8 Å². The Morgan fingerprint density at radius 2 is 2.04 bits per heavy atom. The number of halogens is 3. The van der Waals surface area contributed by atoms with Gasteiger partial charge < -0.3 is 14.9 Å². The highest BCUT2D eigenvalue weighted by Crippen LogP contribution is 2.37. The summed E-state index contributed by atoms with van der Waals surface area (Å²) in [5.74, 6) is 0.300. The fourth-order valence-electron chi connectivity index (χ4n) is 2.99. The smallest absolute Gasteiger partial charge is 0.396 e. The van der Waals surface area contributed by atoms with Gasteiger partial charge in [-0.25, -0.2) is 4.98 Å². The number of hydrogen-bond acceptors (Lipinski definition) is 5. The Morgan fingerprint density at radius 1 is 1.35 bits per heavy atom. The summed E-state index contributed by atoms with van der Waals surface area (Å²) in [6.45, 7) is 3.09. The van der Waals surface area contributed by atoms with E-state index in [2.05, 4.69) is 9.97 Å². The number of rotatable bonds is 5. The van der Waals surface area contributed by atoms with Gasteiger partial charge in [0, 0.05) is 38.7 Å². The average Bonchev–Trinajstić information content (AvgIpc) is 2.91. The van der Waals surface area contributed by atoms with Crippen molar-refractivity contribution < 1.29 is 18.3 Å². The van der Waals surface area contributed by atoms with Crippen LogP contribution >= 0.6 is 0 Å². The molecule has 2 rings (SSSR count). The van der Waals surface area contributed by atoms with Gasteiger partial charge in [-0.2, -0.15) is 18.2 Å². The first-order chi connectivity index (χ1) is 10.7. The number of anilines is 2. The van der Waals surface area contributed by atoms with E-state index in [4.69, 9.17) is 0 Å². The summed E-state index contributed by atoms with van der Waals surface area (Å²) in [5.41, 5.74) is -1.21. The molecular weight excluding hydrogens is 309 g/mol. The van der Waals surface area contributed by atoms with Crippen LogP contribution in [0, 0.1) is 5.41 Å². The van der Waals surface area contributed by atoms with Crippen molar-refractivity contribution in [2.75, 3.05) is 43.6 Å². The lowest BCUT2D eigenvalue weighted by atomic mass is 9.83. The van der Waals surface area contributed by atoms with E-state index in [0.29, 0.717) is 13.1 Å². The van der Waals surface area contributed by atoms with Crippen molar-refractivity contribution in [1.29, 1.82) is 0 Å². The molecule has 1 fully saturated rings. The zero-order chi connectivity index (χ0) is 17.3. The Bertz CT molecular complexity index is 550. The molecule has 2 heterocycles. The highest BCUT2D eigenvalue weighted by atomic mass is 19.4.